The summed E-state index contributed by atoms with van der Waals surface area (Å²) in [6.07, 6.45) is 1.88. The Hall–Kier alpha value is 0.220. The van der Waals surface area contributed by atoms with Crippen LogP contribution in [0, 0.1) is 0 Å². The first-order valence-electron chi connectivity index (χ1n) is 2.57. The molecule has 1 rings (SSSR count). The highest BCUT2D eigenvalue weighted by Crippen LogP contribution is 2.19. The minimum Gasteiger partial charge on any atom is -0.199 e. The minimum absolute atomic E-state index is 0.148. The smallest absolute Gasteiger partial charge is 0.199 e. The Kier molecular flexibility index (Phi) is 2.00. The fourth-order valence-corrected chi connectivity index (χ4v) is 1.33. The topological polar surface area (TPSA) is 58.2 Å². The molecule has 1 fully saturated rings. The molecule has 0 radical (unpaired) electrons. The highest BCUT2D eigenvalue weighted by Gasteiger charge is 2.25. The van der Waals surface area contributed by atoms with Crippen molar-refractivity contribution in [2.75, 3.05) is 0 Å². The Bertz CT molecular complexity index is 184. The first kappa shape index (κ1) is 7.33. The molecular formula is C3H8N2O2S2. The highest BCUT2D eigenvalue weighted by molar-refractivity contribution is 7.99. The lowest BCUT2D eigenvalue weighted by Gasteiger charge is -1.99. The lowest BCUT2D eigenvalue weighted by Crippen LogP contribution is -2.32. The molecule has 0 aliphatic heterocycles. The normalized spacial score (nSPS) is 20.1. The maximum absolute atomic E-state index is 10.6. The molecule has 0 amide bonds. The second kappa shape index (κ2) is 2.45. The third kappa shape index (κ3) is 2.53. The van der Waals surface area contributed by atoms with Gasteiger partial charge in [-0.2, -0.15) is 13.1 Å². The van der Waals surface area contributed by atoms with Crippen LogP contribution in [0.2, 0.25) is 0 Å². The number of hydrogen-bond acceptors (Lipinski definition) is 3. The zero-order chi connectivity index (χ0) is 6.91. The molecule has 0 atom stereocenters. The van der Waals surface area contributed by atoms with Crippen molar-refractivity contribution in [3.05, 3.63) is 0 Å². The maximum Gasteiger partial charge on any atom is 0.286 e. The summed E-state index contributed by atoms with van der Waals surface area (Å²) in [5.74, 6) is 0. The fraction of sp³-hybridized carbons (Fsp3) is 1.00. The number of hydrogen-bond donors (Lipinski definition) is 3. The standard InChI is InChI=1S/C3H8N2O2S2/c6-9(7,5-8)4-3-1-2-3/h3-5,8H,1-2H2. The third-order valence-electron chi connectivity index (χ3n) is 1.02. The molecule has 0 unspecified atom stereocenters. The molecular weight excluding hydrogens is 160 g/mol. The predicted molar refractivity (Wildman–Crippen MR) is 37.2 cm³/mol. The lowest BCUT2D eigenvalue weighted by atomic mass is 10.8. The van der Waals surface area contributed by atoms with Crippen molar-refractivity contribution in [1.29, 1.82) is 0 Å². The van der Waals surface area contributed by atoms with E-state index in [0.29, 0.717) is 0 Å². The highest BCUT2D eigenvalue weighted by atomic mass is 32.3. The Morgan fingerprint density at radius 3 is 2.33 bits per heavy atom. The van der Waals surface area contributed by atoms with Gasteiger partial charge in [-0.05, 0) is 12.8 Å². The van der Waals surface area contributed by atoms with E-state index < -0.39 is 10.2 Å². The van der Waals surface area contributed by atoms with E-state index in [9.17, 15) is 8.42 Å². The van der Waals surface area contributed by atoms with E-state index in [1.807, 2.05) is 4.13 Å². The molecule has 0 aromatic rings. The minimum atomic E-state index is -3.29. The van der Waals surface area contributed by atoms with Crippen LogP contribution in [0.4, 0.5) is 0 Å². The van der Waals surface area contributed by atoms with Crippen molar-refractivity contribution in [3.8, 4) is 0 Å². The first-order valence-corrected chi connectivity index (χ1v) is 4.50. The second-order valence-corrected chi connectivity index (χ2v) is 3.96. The van der Waals surface area contributed by atoms with Crippen molar-refractivity contribution >= 4 is 23.0 Å². The van der Waals surface area contributed by atoms with E-state index in [0.717, 1.165) is 12.8 Å². The summed E-state index contributed by atoms with van der Waals surface area (Å²) in [5, 5.41) is 0. The molecule has 1 aliphatic rings. The number of rotatable bonds is 3. The van der Waals surface area contributed by atoms with Crippen LogP contribution in [0.5, 0.6) is 0 Å². The van der Waals surface area contributed by atoms with E-state index in [4.69, 9.17) is 0 Å². The summed E-state index contributed by atoms with van der Waals surface area (Å²) in [6, 6.07) is 0.148. The summed E-state index contributed by atoms with van der Waals surface area (Å²) in [6.45, 7) is 0. The van der Waals surface area contributed by atoms with Gasteiger partial charge in [0.25, 0.3) is 10.2 Å². The van der Waals surface area contributed by atoms with Gasteiger partial charge in [-0.25, -0.2) is 0 Å². The van der Waals surface area contributed by atoms with Crippen LogP contribution in [-0.4, -0.2) is 14.5 Å². The molecule has 0 aromatic carbocycles. The quantitative estimate of drug-likeness (QED) is 0.494. The van der Waals surface area contributed by atoms with Gasteiger partial charge in [0.2, 0.25) is 0 Å². The van der Waals surface area contributed by atoms with Gasteiger partial charge in [0.05, 0.1) is 0 Å². The van der Waals surface area contributed by atoms with E-state index >= 15 is 0 Å². The van der Waals surface area contributed by atoms with Gasteiger partial charge >= 0.3 is 0 Å². The van der Waals surface area contributed by atoms with Crippen molar-refractivity contribution < 1.29 is 8.42 Å². The molecule has 0 bridgehead atoms. The summed E-state index contributed by atoms with van der Waals surface area (Å²) in [7, 11) is -3.29. The van der Waals surface area contributed by atoms with Crippen molar-refractivity contribution in [3.63, 3.8) is 0 Å². The zero-order valence-corrected chi connectivity index (χ0v) is 6.37. The average Bonchev–Trinajstić information content (AvgIpc) is 2.50. The molecule has 0 heterocycles. The molecule has 0 spiro atoms. The van der Waals surface area contributed by atoms with Gasteiger partial charge in [0.1, 0.15) is 0 Å². The number of thiol groups is 1. The Balaban J connectivity index is 2.40. The molecule has 9 heavy (non-hydrogen) atoms. The molecule has 6 heteroatoms. The van der Waals surface area contributed by atoms with Crippen LogP contribution in [-0.2, 0) is 10.2 Å². The van der Waals surface area contributed by atoms with Crippen LogP contribution < -0.4 is 8.85 Å². The Morgan fingerprint density at radius 1 is 1.44 bits per heavy atom. The SMILES string of the molecule is O=S(=O)(NS)NC1CC1. The summed E-state index contributed by atoms with van der Waals surface area (Å²) < 4.78 is 25.3. The Morgan fingerprint density at radius 2 is 2.00 bits per heavy atom. The van der Waals surface area contributed by atoms with Crippen molar-refractivity contribution in [1.82, 2.24) is 8.85 Å². The number of nitrogens with one attached hydrogen (secondary N) is 2. The van der Waals surface area contributed by atoms with Gasteiger partial charge < -0.3 is 0 Å². The zero-order valence-electron chi connectivity index (χ0n) is 4.66. The fourth-order valence-electron chi connectivity index (χ4n) is 0.447. The molecule has 54 valence electrons. The molecule has 0 aromatic heterocycles. The van der Waals surface area contributed by atoms with Crippen molar-refractivity contribution in [2.24, 2.45) is 0 Å². The molecule has 1 saturated carbocycles. The summed E-state index contributed by atoms with van der Waals surface area (Å²) >= 11 is 3.40. The van der Waals surface area contributed by atoms with E-state index in [-0.39, 0.29) is 6.04 Å². The monoisotopic (exact) mass is 168 g/mol. The third-order valence-corrected chi connectivity index (χ3v) is 2.62. The van der Waals surface area contributed by atoms with Crippen LogP contribution >= 0.6 is 12.8 Å². The van der Waals surface area contributed by atoms with Crippen molar-refractivity contribution in [2.45, 2.75) is 18.9 Å². The van der Waals surface area contributed by atoms with Gasteiger partial charge in [-0.3, -0.25) is 0 Å². The average molecular weight is 168 g/mol. The predicted octanol–water partition coefficient (Wildman–Crippen LogP) is -0.582. The molecule has 0 saturated heterocycles. The Labute approximate surface area is 59.7 Å². The van der Waals surface area contributed by atoms with Gasteiger partial charge in [0, 0.05) is 6.04 Å². The molecule has 2 N–H and O–H groups in total. The van der Waals surface area contributed by atoms with Gasteiger partial charge in [-0.15, -0.1) is 4.13 Å². The van der Waals surface area contributed by atoms with E-state index in [1.165, 1.54) is 0 Å². The summed E-state index contributed by atoms with van der Waals surface area (Å²) in [5.41, 5.74) is 0. The van der Waals surface area contributed by atoms with Crippen LogP contribution in [0.3, 0.4) is 0 Å². The maximum atomic E-state index is 10.6. The first-order chi connectivity index (χ1) is 4.14. The largest absolute Gasteiger partial charge is 0.286 e. The van der Waals surface area contributed by atoms with Crippen LogP contribution in [0.25, 0.3) is 0 Å². The van der Waals surface area contributed by atoms with Gasteiger partial charge in [0.15, 0.2) is 0 Å². The lowest BCUT2D eigenvalue weighted by molar-refractivity contribution is 0.579. The second-order valence-electron chi connectivity index (χ2n) is 1.99. The molecule has 4 nitrogen and oxygen atoms in total. The van der Waals surface area contributed by atoms with Gasteiger partial charge in [-0.1, -0.05) is 12.8 Å². The van der Waals surface area contributed by atoms with Crippen LogP contribution in [0.15, 0.2) is 0 Å². The van der Waals surface area contributed by atoms with E-state index in [1.54, 1.807) is 0 Å². The summed E-state index contributed by atoms with van der Waals surface area (Å²) in [4.78, 5) is 0. The van der Waals surface area contributed by atoms with E-state index in [2.05, 4.69) is 17.5 Å². The molecule has 1 aliphatic carbocycles. The van der Waals surface area contributed by atoms with Crippen LogP contribution in [0.1, 0.15) is 12.8 Å².